The molecule has 1 N–H and O–H groups in total. The Morgan fingerprint density at radius 3 is 2.40 bits per heavy atom. The Labute approximate surface area is 151 Å². The maximum Gasteiger partial charge on any atom is 0.242 e. The smallest absolute Gasteiger partial charge is 0.242 e. The van der Waals surface area contributed by atoms with Crippen LogP contribution in [0.3, 0.4) is 0 Å². The van der Waals surface area contributed by atoms with Crippen LogP contribution in [0.5, 0.6) is 0 Å². The number of carbonyl (C=O) groups excluding carboxylic acids is 2. The summed E-state index contributed by atoms with van der Waals surface area (Å²) in [6.07, 6.45) is 0. The van der Waals surface area contributed by atoms with E-state index >= 15 is 0 Å². The predicted molar refractivity (Wildman–Crippen MR) is 97.6 cm³/mol. The summed E-state index contributed by atoms with van der Waals surface area (Å²) >= 11 is 1.39. The first-order chi connectivity index (χ1) is 12.0. The first-order valence-corrected chi connectivity index (χ1v) is 8.93. The van der Waals surface area contributed by atoms with Crippen molar-refractivity contribution in [2.75, 3.05) is 12.8 Å². The molecule has 0 fully saturated rings. The summed E-state index contributed by atoms with van der Waals surface area (Å²) < 4.78 is 14.0. The van der Waals surface area contributed by atoms with Gasteiger partial charge in [0.1, 0.15) is 11.9 Å². The van der Waals surface area contributed by atoms with Crippen molar-refractivity contribution in [3.05, 3.63) is 66.0 Å². The molecule has 4 nitrogen and oxygen atoms in total. The van der Waals surface area contributed by atoms with E-state index in [1.165, 1.54) is 29.8 Å². The van der Waals surface area contributed by atoms with E-state index in [-0.39, 0.29) is 29.9 Å². The van der Waals surface area contributed by atoms with Crippen LogP contribution in [-0.2, 0) is 16.1 Å². The van der Waals surface area contributed by atoms with Crippen molar-refractivity contribution in [3.63, 3.8) is 0 Å². The molecule has 0 heterocycles. The molecule has 1 atom stereocenters. The minimum absolute atomic E-state index is 0.0510. The number of benzene rings is 2. The monoisotopic (exact) mass is 360 g/mol. The van der Waals surface area contributed by atoms with E-state index in [2.05, 4.69) is 5.32 Å². The molecule has 0 aliphatic rings. The molecule has 0 aromatic heterocycles. The number of carbonyl (C=O) groups is 2. The minimum Gasteiger partial charge on any atom is -0.357 e. The molecule has 132 valence electrons. The zero-order chi connectivity index (χ0) is 18.2. The third-order valence-electron chi connectivity index (χ3n) is 3.82. The number of thioether (sulfide) groups is 1. The maximum atomic E-state index is 14.0. The molecule has 0 aliphatic carbocycles. The number of hydrogen-bond acceptors (Lipinski definition) is 3. The van der Waals surface area contributed by atoms with Crippen molar-refractivity contribution in [1.29, 1.82) is 0 Å². The minimum atomic E-state index is -0.687. The normalized spacial score (nSPS) is 11.6. The lowest BCUT2D eigenvalue weighted by molar-refractivity contribution is -0.138. The summed E-state index contributed by atoms with van der Waals surface area (Å²) in [4.78, 5) is 27.1. The number of nitrogens with one attached hydrogen (secondary N) is 1. The molecule has 0 unspecified atom stereocenters. The van der Waals surface area contributed by atoms with E-state index < -0.39 is 6.04 Å². The van der Waals surface area contributed by atoms with E-state index in [1.54, 1.807) is 25.1 Å². The summed E-state index contributed by atoms with van der Waals surface area (Å²) in [5.74, 6) is -0.706. The number of hydrogen-bond donors (Lipinski definition) is 1. The Balaban J connectivity index is 2.14. The third kappa shape index (κ3) is 5.32. The Morgan fingerprint density at radius 2 is 1.76 bits per heavy atom. The summed E-state index contributed by atoms with van der Waals surface area (Å²) in [5, 5.41) is 2.54. The van der Waals surface area contributed by atoms with Crippen LogP contribution in [-0.4, -0.2) is 35.6 Å². The molecule has 0 radical (unpaired) electrons. The van der Waals surface area contributed by atoms with Crippen LogP contribution in [0.25, 0.3) is 0 Å². The van der Waals surface area contributed by atoms with Crippen LogP contribution >= 0.6 is 11.8 Å². The number of rotatable bonds is 7. The molecule has 2 aromatic carbocycles. The van der Waals surface area contributed by atoms with Crippen molar-refractivity contribution in [1.82, 2.24) is 10.2 Å². The molecule has 0 saturated carbocycles. The van der Waals surface area contributed by atoms with E-state index in [0.717, 1.165) is 4.90 Å². The fourth-order valence-corrected chi connectivity index (χ4v) is 3.15. The zero-order valence-electron chi connectivity index (χ0n) is 14.2. The fourth-order valence-electron chi connectivity index (χ4n) is 2.35. The molecule has 0 aliphatic heterocycles. The molecule has 6 heteroatoms. The maximum absolute atomic E-state index is 14.0. The van der Waals surface area contributed by atoms with Crippen LogP contribution < -0.4 is 5.32 Å². The predicted octanol–water partition coefficient (Wildman–Crippen LogP) is 3.08. The van der Waals surface area contributed by atoms with Crippen LogP contribution in [0, 0.1) is 5.82 Å². The van der Waals surface area contributed by atoms with Crippen molar-refractivity contribution < 1.29 is 14.0 Å². The summed E-state index contributed by atoms with van der Waals surface area (Å²) in [6.45, 7) is 1.69. The van der Waals surface area contributed by atoms with Gasteiger partial charge in [-0.2, -0.15) is 0 Å². The molecular weight excluding hydrogens is 339 g/mol. The zero-order valence-corrected chi connectivity index (χ0v) is 15.1. The van der Waals surface area contributed by atoms with Crippen LogP contribution in [0.1, 0.15) is 12.5 Å². The summed E-state index contributed by atoms with van der Waals surface area (Å²) in [5.41, 5.74) is 0.385. The van der Waals surface area contributed by atoms with E-state index in [4.69, 9.17) is 0 Å². The van der Waals surface area contributed by atoms with Gasteiger partial charge in [-0.15, -0.1) is 11.8 Å². The van der Waals surface area contributed by atoms with E-state index in [1.807, 2.05) is 30.3 Å². The Kier molecular flexibility index (Phi) is 7.01. The molecule has 25 heavy (non-hydrogen) atoms. The largest absolute Gasteiger partial charge is 0.357 e. The van der Waals surface area contributed by atoms with Crippen molar-refractivity contribution in [3.8, 4) is 0 Å². The Hall–Kier alpha value is -2.34. The molecule has 0 spiro atoms. The van der Waals surface area contributed by atoms with Gasteiger partial charge in [-0.3, -0.25) is 9.59 Å². The van der Waals surface area contributed by atoms with E-state index in [9.17, 15) is 14.0 Å². The van der Waals surface area contributed by atoms with Crippen LogP contribution in [0.2, 0.25) is 0 Å². The second-order valence-corrected chi connectivity index (χ2v) is 6.55. The summed E-state index contributed by atoms with van der Waals surface area (Å²) in [7, 11) is 1.52. The Bertz CT molecular complexity index is 724. The molecule has 2 amide bonds. The molecule has 2 rings (SSSR count). The third-order valence-corrected chi connectivity index (χ3v) is 4.81. The van der Waals surface area contributed by atoms with Gasteiger partial charge in [-0.1, -0.05) is 36.4 Å². The highest BCUT2D eigenvalue weighted by molar-refractivity contribution is 8.00. The Morgan fingerprint density at radius 1 is 1.12 bits per heavy atom. The van der Waals surface area contributed by atoms with Gasteiger partial charge in [0, 0.05) is 24.1 Å². The number of amides is 2. The lowest BCUT2D eigenvalue weighted by Gasteiger charge is -2.28. The highest BCUT2D eigenvalue weighted by atomic mass is 32.2. The van der Waals surface area contributed by atoms with Crippen LogP contribution in [0.4, 0.5) is 4.39 Å². The van der Waals surface area contributed by atoms with Gasteiger partial charge in [0.05, 0.1) is 5.75 Å². The molecule has 0 bridgehead atoms. The highest BCUT2D eigenvalue weighted by Crippen LogP contribution is 2.20. The van der Waals surface area contributed by atoms with Gasteiger partial charge in [0.2, 0.25) is 11.8 Å². The first kappa shape index (κ1) is 19.0. The van der Waals surface area contributed by atoms with Crippen molar-refractivity contribution >= 4 is 23.6 Å². The number of halogens is 1. The van der Waals surface area contributed by atoms with Gasteiger partial charge < -0.3 is 10.2 Å². The van der Waals surface area contributed by atoms with Crippen LogP contribution in [0.15, 0.2) is 59.5 Å². The van der Waals surface area contributed by atoms with Gasteiger partial charge >= 0.3 is 0 Å². The van der Waals surface area contributed by atoms with Gasteiger partial charge in [0.15, 0.2) is 0 Å². The highest BCUT2D eigenvalue weighted by Gasteiger charge is 2.26. The molecular formula is C19H21FN2O2S. The first-order valence-electron chi connectivity index (χ1n) is 7.95. The second kappa shape index (κ2) is 9.22. The molecule has 0 saturated heterocycles. The lowest BCUT2D eigenvalue weighted by Crippen LogP contribution is -2.47. The van der Waals surface area contributed by atoms with Gasteiger partial charge in [0.25, 0.3) is 0 Å². The second-order valence-electron chi connectivity index (χ2n) is 5.51. The van der Waals surface area contributed by atoms with E-state index in [0.29, 0.717) is 5.56 Å². The van der Waals surface area contributed by atoms with Gasteiger partial charge in [-0.25, -0.2) is 4.39 Å². The average molecular weight is 360 g/mol. The summed E-state index contributed by atoms with van der Waals surface area (Å²) in [6, 6.07) is 15.1. The number of likely N-dealkylation sites (N-methyl/N-ethyl adjacent to an activating group) is 1. The van der Waals surface area contributed by atoms with Crippen molar-refractivity contribution in [2.45, 2.75) is 24.4 Å². The van der Waals surface area contributed by atoms with Crippen molar-refractivity contribution in [2.24, 2.45) is 0 Å². The van der Waals surface area contributed by atoms with Gasteiger partial charge in [-0.05, 0) is 25.1 Å². The standard InChI is InChI=1S/C19H21FN2O2S/c1-14(19(24)21-2)22(12-15-8-6-7-11-17(15)20)18(23)13-25-16-9-4-3-5-10-16/h3-11,14H,12-13H2,1-2H3,(H,21,24)/t14-/m0/s1. The quantitative estimate of drug-likeness (QED) is 0.772. The number of nitrogens with zero attached hydrogens (tertiary/aromatic N) is 1. The fraction of sp³-hybridized carbons (Fsp3) is 0.263. The SMILES string of the molecule is CNC(=O)[C@H](C)N(Cc1ccccc1F)C(=O)CSc1ccccc1. The molecule has 2 aromatic rings. The lowest BCUT2D eigenvalue weighted by atomic mass is 10.1. The topological polar surface area (TPSA) is 49.4 Å². The average Bonchev–Trinajstić information content (AvgIpc) is 2.65.